The van der Waals surface area contributed by atoms with Crippen LogP contribution in [0.3, 0.4) is 0 Å². The Morgan fingerprint density at radius 2 is 2.00 bits per heavy atom. The first-order chi connectivity index (χ1) is 7.65. The zero-order chi connectivity index (χ0) is 12.0. The van der Waals surface area contributed by atoms with E-state index in [1.54, 1.807) is 0 Å². The second-order valence-corrected chi connectivity index (χ2v) is 5.02. The topological polar surface area (TPSA) is 70.6 Å². The van der Waals surface area contributed by atoms with Gasteiger partial charge in [-0.25, -0.2) is 0 Å². The van der Waals surface area contributed by atoms with Crippen molar-refractivity contribution < 1.29 is 5.21 Å². The van der Waals surface area contributed by atoms with Crippen molar-refractivity contribution in [2.24, 2.45) is 22.7 Å². The average molecular weight is 227 g/mol. The van der Waals surface area contributed by atoms with Crippen LogP contribution in [0.2, 0.25) is 0 Å². The lowest BCUT2D eigenvalue weighted by atomic mass is 9.84. The maximum absolute atomic E-state index is 8.55. The summed E-state index contributed by atoms with van der Waals surface area (Å²) >= 11 is 0. The summed E-state index contributed by atoms with van der Waals surface area (Å²) in [5.41, 5.74) is 5.54. The van der Waals surface area contributed by atoms with Gasteiger partial charge < -0.3 is 16.3 Å². The first-order valence-electron chi connectivity index (χ1n) is 6.36. The minimum Gasteiger partial charge on any atom is -0.409 e. The highest BCUT2D eigenvalue weighted by atomic mass is 16.4. The van der Waals surface area contributed by atoms with E-state index in [2.05, 4.69) is 17.4 Å². The van der Waals surface area contributed by atoms with Gasteiger partial charge >= 0.3 is 0 Å². The molecule has 0 aromatic rings. The highest BCUT2D eigenvalue weighted by Crippen LogP contribution is 2.26. The van der Waals surface area contributed by atoms with Crippen LogP contribution in [-0.2, 0) is 0 Å². The lowest BCUT2D eigenvalue weighted by molar-refractivity contribution is 0.277. The van der Waals surface area contributed by atoms with E-state index in [1.807, 2.05) is 6.92 Å². The molecule has 4 N–H and O–H groups in total. The molecule has 1 rings (SSSR count). The van der Waals surface area contributed by atoms with Gasteiger partial charge in [-0.15, -0.1) is 0 Å². The van der Waals surface area contributed by atoms with Gasteiger partial charge in [0.2, 0.25) is 0 Å². The van der Waals surface area contributed by atoms with E-state index in [1.165, 1.54) is 32.1 Å². The molecular weight excluding hydrogens is 202 g/mol. The summed E-state index contributed by atoms with van der Waals surface area (Å²) in [5, 5.41) is 15.1. The summed E-state index contributed by atoms with van der Waals surface area (Å²) in [6.45, 7) is 5.00. The Labute approximate surface area is 98.3 Å². The Morgan fingerprint density at radius 1 is 1.38 bits per heavy atom. The van der Waals surface area contributed by atoms with E-state index in [0.29, 0.717) is 11.9 Å². The monoisotopic (exact) mass is 227 g/mol. The average Bonchev–Trinajstić information content (AvgIpc) is 2.35. The summed E-state index contributed by atoms with van der Waals surface area (Å²) in [4.78, 5) is 0. The van der Waals surface area contributed by atoms with Gasteiger partial charge in [0.15, 0.2) is 0 Å². The summed E-state index contributed by atoms with van der Waals surface area (Å²) in [6.07, 6.45) is 6.81. The molecule has 0 aromatic carbocycles. The fourth-order valence-corrected chi connectivity index (χ4v) is 2.37. The second kappa shape index (κ2) is 6.74. The van der Waals surface area contributed by atoms with E-state index in [9.17, 15) is 0 Å². The van der Waals surface area contributed by atoms with Crippen LogP contribution in [0.15, 0.2) is 5.16 Å². The fourth-order valence-electron chi connectivity index (χ4n) is 2.37. The minimum atomic E-state index is 0.0936. The molecule has 0 aliphatic heterocycles. The standard InChI is InChI=1S/C12H25N3O/c1-9(12(13)15-16)8-14-10(2)11-6-4-3-5-7-11/h9-11,14,16H,3-8H2,1-2H3,(H2,13,15)/t9?,10-/m0/s1. The van der Waals surface area contributed by atoms with Crippen LogP contribution in [0, 0.1) is 11.8 Å². The van der Waals surface area contributed by atoms with Gasteiger partial charge in [-0.2, -0.15) is 0 Å². The van der Waals surface area contributed by atoms with E-state index in [4.69, 9.17) is 10.9 Å². The molecule has 0 amide bonds. The number of nitrogens with two attached hydrogens (primary N) is 1. The first-order valence-corrected chi connectivity index (χ1v) is 6.36. The van der Waals surface area contributed by atoms with Crippen molar-refractivity contribution in [3.63, 3.8) is 0 Å². The highest BCUT2D eigenvalue weighted by Gasteiger charge is 2.20. The van der Waals surface area contributed by atoms with Gasteiger partial charge in [-0.05, 0) is 25.7 Å². The van der Waals surface area contributed by atoms with E-state index >= 15 is 0 Å². The van der Waals surface area contributed by atoms with E-state index in [0.717, 1.165) is 12.5 Å². The number of nitrogens with zero attached hydrogens (tertiary/aromatic N) is 1. The van der Waals surface area contributed by atoms with Gasteiger partial charge in [-0.3, -0.25) is 0 Å². The molecule has 0 radical (unpaired) electrons. The number of hydrogen-bond donors (Lipinski definition) is 3. The summed E-state index contributed by atoms with van der Waals surface area (Å²) < 4.78 is 0. The van der Waals surface area contributed by atoms with Crippen molar-refractivity contribution in [3.05, 3.63) is 0 Å². The normalized spacial score (nSPS) is 23.0. The molecule has 4 nitrogen and oxygen atoms in total. The van der Waals surface area contributed by atoms with Gasteiger partial charge in [-0.1, -0.05) is 31.3 Å². The van der Waals surface area contributed by atoms with E-state index in [-0.39, 0.29) is 5.92 Å². The fraction of sp³-hybridized carbons (Fsp3) is 0.917. The lowest BCUT2D eigenvalue weighted by Gasteiger charge is -2.29. The molecule has 0 saturated heterocycles. The zero-order valence-electron chi connectivity index (χ0n) is 10.4. The molecule has 94 valence electrons. The largest absolute Gasteiger partial charge is 0.409 e. The van der Waals surface area contributed by atoms with Crippen LogP contribution < -0.4 is 11.1 Å². The van der Waals surface area contributed by atoms with Gasteiger partial charge in [0.05, 0.1) is 0 Å². The highest BCUT2D eigenvalue weighted by molar-refractivity contribution is 5.82. The molecule has 1 aliphatic rings. The third kappa shape index (κ3) is 4.00. The third-order valence-corrected chi connectivity index (χ3v) is 3.72. The lowest BCUT2D eigenvalue weighted by Crippen LogP contribution is -2.40. The number of hydrogen-bond acceptors (Lipinski definition) is 3. The quantitative estimate of drug-likeness (QED) is 0.291. The van der Waals surface area contributed by atoms with Crippen molar-refractivity contribution in [1.29, 1.82) is 0 Å². The Morgan fingerprint density at radius 3 is 2.56 bits per heavy atom. The van der Waals surface area contributed by atoms with Gasteiger partial charge in [0.1, 0.15) is 5.84 Å². The molecule has 1 fully saturated rings. The summed E-state index contributed by atoms with van der Waals surface area (Å²) in [6, 6.07) is 0.536. The molecule has 0 heterocycles. The predicted octanol–water partition coefficient (Wildman–Crippen LogP) is 1.93. The number of nitrogens with one attached hydrogen (secondary N) is 1. The Kier molecular flexibility index (Phi) is 5.60. The Balaban J connectivity index is 2.25. The van der Waals surface area contributed by atoms with E-state index < -0.39 is 0 Å². The van der Waals surface area contributed by atoms with Gasteiger partial charge in [0.25, 0.3) is 0 Å². The molecule has 16 heavy (non-hydrogen) atoms. The smallest absolute Gasteiger partial charge is 0.143 e. The number of oxime groups is 1. The van der Waals surface area contributed by atoms with Crippen molar-refractivity contribution >= 4 is 5.84 Å². The molecule has 4 heteroatoms. The van der Waals surface area contributed by atoms with Crippen LogP contribution in [0.1, 0.15) is 46.0 Å². The third-order valence-electron chi connectivity index (χ3n) is 3.72. The van der Waals surface area contributed by atoms with Crippen molar-refractivity contribution in [2.75, 3.05) is 6.54 Å². The van der Waals surface area contributed by atoms with Crippen LogP contribution in [-0.4, -0.2) is 23.6 Å². The van der Waals surface area contributed by atoms with Crippen molar-refractivity contribution in [3.8, 4) is 0 Å². The molecule has 1 unspecified atom stereocenters. The molecule has 0 spiro atoms. The van der Waals surface area contributed by atoms with Crippen LogP contribution in [0.4, 0.5) is 0 Å². The molecule has 2 atom stereocenters. The molecular formula is C12H25N3O. The maximum atomic E-state index is 8.55. The molecule has 0 bridgehead atoms. The number of rotatable bonds is 5. The van der Waals surface area contributed by atoms with Crippen LogP contribution in [0.5, 0.6) is 0 Å². The Bertz CT molecular complexity index is 224. The van der Waals surface area contributed by atoms with Crippen molar-refractivity contribution in [1.82, 2.24) is 5.32 Å². The SMILES string of the molecule is CC(CN[C@@H](C)C1CCCCC1)C(N)=NO. The molecule has 0 aromatic heterocycles. The first kappa shape index (κ1) is 13.3. The van der Waals surface area contributed by atoms with Crippen LogP contribution >= 0.6 is 0 Å². The van der Waals surface area contributed by atoms with Crippen LogP contribution in [0.25, 0.3) is 0 Å². The minimum absolute atomic E-state index is 0.0936. The second-order valence-electron chi connectivity index (χ2n) is 5.02. The molecule has 1 aliphatic carbocycles. The summed E-state index contributed by atoms with van der Waals surface area (Å²) in [7, 11) is 0. The Hall–Kier alpha value is -0.770. The molecule has 1 saturated carbocycles. The van der Waals surface area contributed by atoms with Gasteiger partial charge in [0, 0.05) is 18.5 Å². The zero-order valence-corrected chi connectivity index (χ0v) is 10.4. The maximum Gasteiger partial charge on any atom is 0.143 e. The van der Waals surface area contributed by atoms with Crippen molar-refractivity contribution in [2.45, 2.75) is 52.0 Å². The predicted molar refractivity (Wildman–Crippen MR) is 66.6 cm³/mol. The number of amidine groups is 1. The summed E-state index contributed by atoms with van der Waals surface area (Å²) in [5.74, 6) is 1.20.